The lowest BCUT2D eigenvalue weighted by atomic mass is 10.0. The highest BCUT2D eigenvalue weighted by molar-refractivity contribution is 6.13. The quantitative estimate of drug-likeness (QED) is 0.211. The first-order valence-electron chi connectivity index (χ1n) is 8.06. The number of ketones is 1. The summed E-state index contributed by atoms with van der Waals surface area (Å²) in [5.41, 5.74) is 1.44. The van der Waals surface area contributed by atoms with Crippen LogP contribution in [-0.4, -0.2) is 10.7 Å². The van der Waals surface area contributed by atoms with Crippen LogP contribution in [0, 0.1) is 28.4 Å². The van der Waals surface area contributed by atoms with Crippen molar-refractivity contribution in [3.05, 3.63) is 93.2 Å². The summed E-state index contributed by atoms with van der Waals surface area (Å²) in [6, 6.07) is 18.4. The third kappa shape index (κ3) is 3.83. The Hall–Kier alpha value is -3.98. The van der Waals surface area contributed by atoms with Crippen molar-refractivity contribution in [2.24, 2.45) is 0 Å². The Kier molecular flexibility index (Phi) is 4.95. The zero-order valence-corrected chi connectivity index (χ0v) is 14.4. The Balaban J connectivity index is 1.92. The van der Waals surface area contributed by atoms with Gasteiger partial charge in [0.15, 0.2) is 0 Å². The molecule has 0 bridgehead atoms. The third-order valence-corrected chi connectivity index (χ3v) is 4.00. The largest absolute Gasteiger partial charge is 0.457 e. The normalized spacial score (nSPS) is 11.0. The molecule has 6 heteroatoms. The number of hydrogen-bond donors (Lipinski definition) is 0. The average molecular weight is 358 g/mol. The molecule has 0 radical (unpaired) electrons. The first-order valence-corrected chi connectivity index (χ1v) is 8.06. The molecule has 0 aliphatic carbocycles. The molecule has 2 aromatic carbocycles. The molecular weight excluding hydrogens is 344 g/mol. The number of aryl methyl sites for hydroxylation is 1. The number of hydrogen-bond acceptors (Lipinski definition) is 5. The molecule has 0 N–H and O–H groups in total. The molecule has 27 heavy (non-hydrogen) atoms. The molecule has 0 fully saturated rings. The summed E-state index contributed by atoms with van der Waals surface area (Å²) in [6.45, 7) is 1.66. The average Bonchev–Trinajstić information content (AvgIpc) is 3.15. The highest BCUT2D eigenvalue weighted by atomic mass is 16.6. The van der Waals surface area contributed by atoms with Gasteiger partial charge in [0.2, 0.25) is 5.78 Å². The van der Waals surface area contributed by atoms with Gasteiger partial charge in [0.1, 0.15) is 23.2 Å². The van der Waals surface area contributed by atoms with E-state index in [1.807, 2.05) is 6.07 Å². The maximum atomic E-state index is 12.4. The van der Waals surface area contributed by atoms with Crippen molar-refractivity contribution >= 4 is 17.5 Å². The first kappa shape index (κ1) is 17.8. The maximum Gasteiger partial charge on any atom is 0.273 e. The summed E-state index contributed by atoms with van der Waals surface area (Å²) in [5.74, 6) is 0.324. The lowest BCUT2D eigenvalue weighted by Gasteiger charge is -2.00. The molecule has 6 nitrogen and oxygen atoms in total. The van der Waals surface area contributed by atoms with Crippen LogP contribution in [0.5, 0.6) is 0 Å². The maximum absolute atomic E-state index is 12.4. The van der Waals surface area contributed by atoms with Gasteiger partial charge >= 0.3 is 0 Å². The summed E-state index contributed by atoms with van der Waals surface area (Å²) in [6.07, 6.45) is 1.36. The molecule has 3 aromatic rings. The van der Waals surface area contributed by atoms with Gasteiger partial charge in [0.05, 0.1) is 4.92 Å². The minimum atomic E-state index is -0.450. The molecular formula is C21H14N2O4. The number of allylic oxidation sites excluding steroid dienone is 1. The number of nitro benzene ring substituents is 1. The van der Waals surface area contributed by atoms with Crippen LogP contribution in [0.2, 0.25) is 0 Å². The van der Waals surface area contributed by atoms with Crippen LogP contribution in [-0.2, 0) is 0 Å². The second kappa shape index (κ2) is 7.50. The van der Waals surface area contributed by atoms with Gasteiger partial charge in [-0.25, -0.2) is 0 Å². The summed E-state index contributed by atoms with van der Waals surface area (Å²) in [5, 5.41) is 20.4. The second-order valence-electron chi connectivity index (χ2n) is 5.83. The van der Waals surface area contributed by atoms with Gasteiger partial charge in [-0.15, -0.1) is 0 Å². The molecule has 0 saturated carbocycles. The number of carbonyl (C=O) groups is 1. The van der Waals surface area contributed by atoms with E-state index in [0.717, 1.165) is 0 Å². The second-order valence-corrected chi connectivity index (χ2v) is 5.83. The highest BCUT2D eigenvalue weighted by Gasteiger charge is 2.15. The molecule has 0 unspecified atom stereocenters. The van der Waals surface area contributed by atoms with Gasteiger partial charge < -0.3 is 4.42 Å². The number of nitriles is 1. The number of carbonyl (C=O) groups excluding carboxylic acids is 1. The minimum Gasteiger partial charge on any atom is -0.457 e. The Morgan fingerprint density at radius 2 is 1.89 bits per heavy atom. The number of nitrogens with zero attached hydrogens (tertiary/aromatic N) is 2. The number of rotatable bonds is 5. The molecule has 1 aromatic heterocycles. The molecule has 3 rings (SSSR count). The van der Waals surface area contributed by atoms with Crippen molar-refractivity contribution in [2.75, 3.05) is 0 Å². The fraction of sp³-hybridized carbons (Fsp3) is 0.0476. The van der Waals surface area contributed by atoms with Gasteiger partial charge in [-0.3, -0.25) is 14.9 Å². The molecule has 0 aliphatic heterocycles. The summed E-state index contributed by atoms with van der Waals surface area (Å²) in [4.78, 5) is 23.1. The van der Waals surface area contributed by atoms with E-state index in [4.69, 9.17) is 4.42 Å². The SMILES string of the molecule is Cc1ccc(-c2ccc(C=C(C#N)C(=O)c3ccccc3)o2)cc1[N+](=O)[O-]. The van der Waals surface area contributed by atoms with Crippen molar-refractivity contribution in [2.45, 2.75) is 6.92 Å². The van der Waals surface area contributed by atoms with Crippen molar-refractivity contribution in [1.82, 2.24) is 0 Å². The third-order valence-electron chi connectivity index (χ3n) is 4.00. The van der Waals surface area contributed by atoms with Crippen LogP contribution in [0.15, 0.2) is 70.7 Å². The zero-order chi connectivity index (χ0) is 19.4. The fourth-order valence-electron chi connectivity index (χ4n) is 2.58. The van der Waals surface area contributed by atoms with Gasteiger partial charge in [-0.05, 0) is 19.1 Å². The Bertz CT molecular complexity index is 1090. The van der Waals surface area contributed by atoms with E-state index in [1.165, 1.54) is 12.1 Å². The van der Waals surface area contributed by atoms with Crippen LogP contribution >= 0.6 is 0 Å². The minimum absolute atomic E-state index is 0.00189. The van der Waals surface area contributed by atoms with Gasteiger partial charge in [0.25, 0.3) is 5.69 Å². The lowest BCUT2D eigenvalue weighted by molar-refractivity contribution is -0.385. The molecule has 132 valence electrons. The number of furan rings is 1. The highest BCUT2D eigenvalue weighted by Crippen LogP contribution is 2.29. The summed E-state index contributed by atoms with van der Waals surface area (Å²) >= 11 is 0. The zero-order valence-electron chi connectivity index (χ0n) is 14.4. The predicted octanol–water partition coefficient (Wildman–Crippen LogP) is 4.95. The van der Waals surface area contributed by atoms with E-state index < -0.39 is 10.7 Å². The van der Waals surface area contributed by atoms with Crippen molar-refractivity contribution < 1.29 is 14.1 Å². The number of nitro groups is 1. The Morgan fingerprint density at radius 3 is 2.56 bits per heavy atom. The van der Waals surface area contributed by atoms with E-state index in [9.17, 15) is 20.2 Å². The molecule has 0 spiro atoms. The van der Waals surface area contributed by atoms with Crippen LogP contribution in [0.25, 0.3) is 17.4 Å². The van der Waals surface area contributed by atoms with Crippen molar-refractivity contribution in [3.8, 4) is 17.4 Å². The molecule has 1 heterocycles. The predicted molar refractivity (Wildman–Crippen MR) is 99.9 cm³/mol. The number of benzene rings is 2. The van der Waals surface area contributed by atoms with Crippen molar-refractivity contribution in [1.29, 1.82) is 5.26 Å². The van der Waals surface area contributed by atoms with Gasteiger partial charge in [0, 0.05) is 28.8 Å². The molecule has 0 aliphatic rings. The van der Waals surface area contributed by atoms with Gasteiger partial charge in [-0.2, -0.15) is 5.26 Å². The molecule has 0 amide bonds. The van der Waals surface area contributed by atoms with E-state index in [-0.39, 0.29) is 11.3 Å². The monoisotopic (exact) mass is 358 g/mol. The smallest absolute Gasteiger partial charge is 0.273 e. The van der Waals surface area contributed by atoms with Crippen LogP contribution in [0.4, 0.5) is 5.69 Å². The van der Waals surface area contributed by atoms with Gasteiger partial charge in [-0.1, -0.05) is 42.5 Å². The number of Topliss-reactive ketones (excluding diaryl/α,β-unsaturated/α-hetero) is 1. The summed E-state index contributed by atoms with van der Waals surface area (Å²) < 4.78 is 5.66. The van der Waals surface area contributed by atoms with E-state index in [2.05, 4.69) is 0 Å². The molecule has 0 saturated heterocycles. The fourth-order valence-corrected chi connectivity index (χ4v) is 2.58. The van der Waals surface area contributed by atoms with E-state index in [0.29, 0.717) is 28.2 Å². The summed E-state index contributed by atoms with van der Waals surface area (Å²) in [7, 11) is 0. The van der Waals surface area contributed by atoms with E-state index in [1.54, 1.807) is 61.5 Å². The standard InChI is InChI=1S/C21H14N2O4/c1-14-7-8-16(12-19(14)23(25)26)20-10-9-18(27-20)11-17(13-22)21(24)15-5-3-2-4-6-15/h2-12H,1H3. The lowest BCUT2D eigenvalue weighted by Crippen LogP contribution is -2.01. The topological polar surface area (TPSA) is 97.1 Å². The van der Waals surface area contributed by atoms with Crippen LogP contribution < -0.4 is 0 Å². The van der Waals surface area contributed by atoms with Crippen LogP contribution in [0.3, 0.4) is 0 Å². The molecule has 0 atom stereocenters. The van der Waals surface area contributed by atoms with Crippen molar-refractivity contribution in [3.63, 3.8) is 0 Å². The Labute approximate surface area is 155 Å². The Morgan fingerprint density at radius 1 is 1.15 bits per heavy atom. The van der Waals surface area contributed by atoms with Crippen LogP contribution in [0.1, 0.15) is 21.7 Å². The van der Waals surface area contributed by atoms with E-state index >= 15 is 0 Å². The first-order chi connectivity index (χ1) is 13.0.